The first kappa shape index (κ1) is 17.4. The number of carbonyl (C=O) groups is 1. The molecule has 0 aliphatic rings. The molecule has 124 valence electrons. The average molecular weight is 340 g/mol. The van der Waals surface area contributed by atoms with Gasteiger partial charge in [-0.1, -0.05) is 6.07 Å². The molecule has 0 spiro atoms. The topological polar surface area (TPSA) is 41.6 Å². The maximum absolute atomic E-state index is 12.2. The summed E-state index contributed by atoms with van der Waals surface area (Å²) in [6.45, 7) is -2.41. The molecule has 0 unspecified atom stereocenters. The van der Waals surface area contributed by atoms with Gasteiger partial charge in [-0.25, -0.2) is 0 Å². The Morgan fingerprint density at radius 2 is 1.96 bits per heavy atom. The average Bonchev–Trinajstić information content (AvgIpc) is 3.01. The summed E-state index contributed by atoms with van der Waals surface area (Å²) in [5.41, 5.74) is 0.398. The van der Waals surface area contributed by atoms with Crippen LogP contribution in [0.1, 0.15) is 21.3 Å². The van der Waals surface area contributed by atoms with E-state index in [0.29, 0.717) is 12.1 Å². The molecule has 4 nitrogen and oxygen atoms in total. The number of halogens is 2. The number of nitrogens with zero attached hydrogens (tertiary/aromatic N) is 1. The van der Waals surface area contributed by atoms with Gasteiger partial charge < -0.3 is 15.0 Å². The zero-order chi connectivity index (χ0) is 16.8. The van der Waals surface area contributed by atoms with Gasteiger partial charge in [-0.05, 0) is 49.8 Å². The number of hydrogen-bond donors (Lipinski definition) is 1. The maximum atomic E-state index is 12.2. The summed E-state index contributed by atoms with van der Waals surface area (Å²) < 4.78 is 28.4. The van der Waals surface area contributed by atoms with Crippen LogP contribution in [0.25, 0.3) is 0 Å². The van der Waals surface area contributed by atoms with Crippen LogP contribution in [-0.2, 0) is 0 Å². The van der Waals surface area contributed by atoms with Crippen molar-refractivity contribution in [3.8, 4) is 5.75 Å². The second kappa shape index (κ2) is 8.03. The molecule has 0 bridgehead atoms. The van der Waals surface area contributed by atoms with Gasteiger partial charge in [0.1, 0.15) is 5.75 Å². The summed E-state index contributed by atoms with van der Waals surface area (Å²) in [5, 5.41) is 4.86. The van der Waals surface area contributed by atoms with Gasteiger partial charge in [0, 0.05) is 17.0 Å². The molecule has 0 saturated carbocycles. The molecule has 0 saturated heterocycles. The molecule has 0 aliphatic heterocycles. The Morgan fingerprint density at radius 3 is 2.48 bits per heavy atom. The van der Waals surface area contributed by atoms with Crippen molar-refractivity contribution in [2.75, 3.05) is 20.6 Å². The minimum absolute atomic E-state index is 0.0290. The number of ether oxygens (including phenoxy) is 1. The van der Waals surface area contributed by atoms with E-state index in [0.717, 1.165) is 4.88 Å². The molecular formula is C16H18F2N2O2S. The number of amides is 1. The molecule has 2 aromatic rings. The van der Waals surface area contributed by atoms with Gasteiger partial charge in [0.2, 0.25) is 0 Å². The van der Waals surface area contributed by atoms with Gasteiger partial charge in [0.05, 0.1) is 6.04 Å². The first-order chi connectivity index (χ1) is 11.0. The van der Waals surface area contributed by atoms with Crippen molar-refractivity contribution in [3.63, 3.8) is 0 Å². The lowest BCUT2D eigenvalue weighted by molar-refractivity contribution is -0.0498. The summed E-state index contributed by atoms with van der Waals surface area (Å²) >= 11 is 1.63. The van der Waals surface area contributed by atoms with Crippen LogP contribution in [0.15, 0.2) is 41.8 Å². The highest BCUT2D eigenvalue weighted by atomic mass is 32.1. The van der Waals surface area contributed by atoms with Gasteiger partial charge in [0.15, 0.2) is 0 Å². The SMILES string of the molecule is CN(C)[C@@H](CNC(=O)c1ccc(OC(F)F)cc1)c1cccs1. The van der Waals surface area contributed by atoms with E-state index in [4.69, 9.17) is 0 Å². The number of thiophene rings is 1. The van der Waals surface area contributed by atoms with E-state index < -0.39 is 6.61 Å². The van der Waals surface area contributed by atoms with Crippen LogP contribution in [0.4, 0.5) is 8.78 Å². The third-order valence-corrected chi connectivity index (χ3v) is 4.27. The van der Waals surface area contributed by atoms with Crippen molar-refractivity contribution in [1.29, 1.82) is 0 Å². The van der Waals surface area contributed by atoms with Crippen molar-refractivity contribution >= 4 is 17.2 Å². The smallest absolute Gasteiger partial charge is 0.387 e. The Morgan fingerprint density at radius 1 is 1.26 bits per heavy atom. The molecule has 1 amide bonds. The molecule has 0 aliphatic carbocycles. The molecule has 23 heavy (non-hydrogen) atoms. The molecule has 2 rings (SSSR count). The second-order valence-corrected chi connectivity index (χ2v) is 6.09. The van der Waals surface area contributed by atoms with Gasteiger partial charge in [0.25, 0.3) is 5.91 Å². The Kier molecular flexibility index (Phi) is 6.06. The van der Waals surface area contributed by atoms with Crippen LogP contribution in [-0.4, -0.2) is 38.1 Å². The highest BCUT2D eigenvalue weighted by molar-refractivity contribution is 7.10. The van der Waals surface area contributed by atoms with Crippen molar-refractivity contribution < 1.29 is 18.3 Å². The fourth-order valence-electron chi connectivity index (χ4n) is 2.10. The summed E-state index contributed by atoms with van der Waals surface area (Å²) in [6.07, 6.45) is 0. The maximum Gasteiger partial charge on any atom is 0.387 e. The Balaban J connectivity index is 1.95. The predicted molar refractivity (Wildman–Crippen MR) is 86.2 cm³/mol. The Bertz CT molecular complexity index is 616. The molecule has 1 heterocycles. The largest absolute Gasteiger partial charge is 0.435 e. The Hall–Kier alpha value is -1.99. The lowest BCUT2D eigenvalue weighted by Crippen LogP contribution is -2.34. The van der Waals surface area contributed by atoms with Crippen molar-refractivity contribution in [3.05, 3.63) is 52.2 Å². The van der Waals surface area contributed by atoms with Crippen molar-refractivity contribution in [2.45, 2.75) is 12.7 Å². The van der Waals surface area contributed by atoms with Crippen molar-refractivity contribution in [2.24, 2.45) is 0 Å². The zero-order valence-corrected chi connectivity index (χ0v) is 13.6. The van der Waals surface area contributed by atoms with Crippen LogP contribution in [0, 0.1) is 0 Å². The fraction of sp³-hybridized carbons (Fsp3) is 0.312. The molecular weight excluding hydrogens is 322 g/mol. The van der Waals surface area contributed by atoms with E-state index in [2.05, 4.69) is 10.1 Å². The number of carbonyl (C=O) groups excluding carboxylic acids is 1. The summed E-state index contributed by atoms with van der Waals surface area (Å²) in [4.78, 5) is 15.4. The second-order valence-electron chi connectivity index (χ2n) is 5.11. The number of rotatable bonds is 7. The van der Waals surface area contributed by atoms with Crippen LogP contribution in [0.2, 0.25) is 0 Å². The highest BCUT2D eigenvalue weighted by Crippen LogP contribution is 2.22. The zero-order valence-electron chi connectivity index (χ0n) is 12.8. The third kappa shape index (κ3) is 5.01. The fourth-order valence-corrected chi connectivity index (χ4v) is 3.02. The minimum atomic E-state index is -2.87. The normalized spacial score (nSPS) is 12.4. The van der Waals surface area contributed by atoms with E-state index in [1.807, 2.05) is 36.5 Å². The van der Waals surface area contributed by atoms with E-state index in [9.17, 15) is 13.6 Å². The highest BCUT2D eigenvalue weighted by Gasteiger charge is 2.16. The van der Waals surface area contributed by atoms with Crippen LogP contribution >= 0.6 is 11.3 Å². The first-order valence-electron chi connectivity index (χ1n) is 7.00. The molecule has 0 fully saturated rings. The molecule has 1 aromatic carbocycles. The summed E-state index contributed by atoms with van der Waals surface area (Å²) in [7, 11) is 3.90. The number of hydrogen-bond acceptors (Lipinski definition) is 4. The lowest BCUT2D eigenvalue weighted by Gasteiger charge is -2.23. The number of likely N-dealkylation sites (N-methyl/N-ethyl adjacent to an activating group) is 1. The monoisotopic (exact) mass is 340 g/mol. The van der Waals surface area contributed by atoms with Crippen LogP contribution in [0.5, 0.6) is 5.75 Å². The molecule has 1 aromatic heterocycles. The minimum Gasteiger partial charge on any atom is -0.435 e. The van der Waals surface area contributed by atoms with Gasteiger partial charge in [-0.3, -0.25) is 4.79 Å². The summed E-state index contributed by atoms with van der Waals surface area (Å²) in [6, 6.07) is 9.71. The van der Waals surface area contributed by atoms with Gasteiger partial charge >= 0.3 is 6.61 Å². The molecule has 7 heteroatoms. The quantitative estimate of drug-likeness (QED) is 0.840. The van der Waals surface area contributed by atoms with Gasteiger partial charge in [-0.15, -0.1) is 11.3 Å². The lowest BCUT2D eigenvalue weighted by atomic mass is 10.2. The van der Waals surface area contributed by atoms with E-state index >= 15 is 0 Å². The third-order valence-electron chi connectivity index (χ3n) is 3.29. The number of alkyl halides is 2. The van der Waals surface area contributed by atoms with E-state index in [-0.39, 0.29) is 17.7 Å². The molecule has 0 radical (unpaired) electrons. The van der Waals surface area contributed by atoms with E-state index in [1.54, 1.807) is 11.3 Å². The Labute approximate surface area is 137 Å². The van der Waals surface area contributed by atoms with Crippen LogP contribution < -0.4 is 10.1 Å². The summed E-state index contributed by atoms with van der Waals surface area (Å²) in [5.74, 6) is -0.224. The van der Waals surface area contributed by atoms with Crippen LogP contribution in [0.3, 0.4) is 0 Å². The van der Waals surface area contributed by atoms with E-state index in [1.165, 1.54) is 24.3 Å². The predicted octanol–water partition coefficient (Wildman–Crippen LogP) is 3.38. The van der Waals surface area contributed by atoms with Crippen molar-refractivity contribution in [1.82, 2.24) is 10.2 Å². The standard InChI is InChI=1S/C16H18F2N2O2S/c1-20(2)13(14-4-3-9-23-14)10-19-15(21)11-5-7-12(8-6-11)22-16(17)18/h3-9,13,16H,10H2,1-2H3,(H,19,21)/t13-/m0/s1. The molecule has 1 N–H and O–H groups in total. The first-order valence-corrected chi connectivity index (χ1v) is 7.88. The van der Waals surface area contributed by atoms with Gasteiger partial charge in [-0.2, -0.15) is 8.78 Å². The number of nitrogens with one attached hydrogen (secondary N) is 1. The number of benzene rings is 1. The molecule has 1 atom stereocenters.